The molecule has 2 heterocycles. The summed E-state index contributed by atoms with van der Waals surface area (Å²) in [6, 6.07) is 23.8. The molecule has 0 aliphatic heterocycles. The molecule has 0 aliphatic rings. The van der Waals surface area contributed by atoms with Gasteiger partial charge in [0.2, 0.25) is 5.82 Å². The molecule has 0 saturated carbocycles. The van der Waals surface area contributed by atoms with Gasteiger partial charge in [-0.25, -0.2) is 9.67 Å². The zero-order valence-electron chi connectivity index (χ0n) is 16.4. The van der Waals surface area contributed by atoms with E-state index in [-0.39, 0.29) is 17.8 Å². The normalized spacial score (nSPS) is 11.0. The van der Waals surface area contributed by atoms with Gasteiger partial charge in [-0.3, -0.25) is 4.79 Å². The largest absolute Gasteiger partial charge is 0.329 e. The fraction of sp³-hybridized carbons (Fsp3) is 0.174. The number of nitrogens with zero attached hydrogens (tertiary/aromatic N) is 4. The van der Waals surface area contributed by atoms with E-state index in [1.165, 1.54) is 0 Å². The molecule has 4 aromatic rings. The van der Waals surface area contributed by atoms with Crippen LogP contribution in [0, 0.1) is 0 Å². The molecule has 4 rings (SSSR count). The van der Waals surface area contributed by atoms with Crippen molar-refractivity contribution in [3.63, 3.8) is 0 Å². The van der Waals surface area contributed by atoms with Crippen molar-refractivity contribution in [1.82, 2.24) is 19.7 Å². The van der Waals surface area contributed by atoms with Crippen LogP contribution in [0.25, 0.3) is 16.4 Å². The Kier molecular flexibility index (Phi) is 5.53. The summed E-state index contributed by atoms with van der Waals surface area (Å²) in [5.74, 6) is 0.719. The van der Waals surface area contributed by atoms with Crippen molar-refractivity contribution < 1.29 is 4.79 Å². The van der Waals surface area contributed by atoms with E-state index in [2.05, 4.69) is 10.1 Å². The van der Waals surface area contributed by atoms with Gasteiger partial charge in [-0.2, -0.15) is 0 Å². The molecule has 2 aromatic heterocycles. The smallest absolute Gasteiger partial charge is 0.294 e. The van der Waals surface area contributed by atoms with Gasteiger partial charge in [0, 0.05) is 12.6 Å². The molecule has 0 unspecified atom stereocenters. The van der Waals surface area contributed by atoms with Gasteiger partial charge in [0.05, 0.1) is 10.6 Å². The highest BCUT2D eigenvalue weighted by atomic mass is 32.1. The number of amides is 1. The molecule has 0 N–H and O–H groups in total. The number of aromatic nitrogens is 3. The van der Waals surface area contributed by atoms with Gasteiger partial charge in [-0.05, 0) is 43.0 Å². The fourth-order valence-electron chi connectivity index (χ4n) is 3.11. The van der Waals surface area contributed by atoms with E-state index in [9.17, 15) is 4.79 Å². The van der Waals surface area contributed by atoms with Crippen LogP contribution < -0.4 is 0 Å². The summed E-state index contributed by atoms with van der Waals surface area (Å²) < 4.78 is 1.75. The summed E-state index contributed by atoms with van der Waals surface area (Å²) in [6.45, 7) is 4.54. The van der Waals surface area contributed by atoms with Crippen molar-refractivity contribution in [2.75, 3.05) is 0 Å². The predicted octanol–water partition coefficient (Wildman–Crippen LogP) is 5.05. The summed E-state index contributed by atoms with van der Waals surface area (Å²) >= 11 is 1.58. The Morgan fingerprint density at radius 2 is 1.69 bits per heavy atom. The number of benzene rings is 2. The second-order valence-electron chi connectivity index (χ2n) is 7.00. The van der Waals surface area contributed by atoms with Gasteiger partial charge in [0.25, 0.3) is 5.91 Å². The molecule has 0 radical (unpaired) electrons. The van der Waals surface area contributed by atoms with E-state index in [1.807, 2.05) is 92.0 Å². The lowest BCUT2D eigenvalue weighted by Crippen LogP contribution is -2.37. The van der Waals surface area contributed by atoms with E-state index in [0.29, 0.717) is 12.4 Å². The summed E-state index contributed by atoms with van der Waals surface area (Å²) in [5, 5.41) is 6.60. The average molecular weight is 403 g/mol. The van der Waals surface area contributed by atoms with Crippen LogP contribution in [0.4, 0.5) is 0 Å². The lowest BCUT2D eigenvalue weighted by atomic mass is 10.2. The molecule has 0 atom stereocenters. The molecule has 0 fully saturated rings. The maximum absolute atomic E-state index is 13.3. The number of carbonyl (C=O) groups is 1. The first-order valence-electron chi connectivity index (χ1n) is 9.54. The quantitative estimate of drug-likeness (QED) is 0.454. The minimum absolute atomic E-state index is 0.0246. The summed E-state index contributed by atoms with van der Waals surface area (Å²) in [4.78, 5) is 20.8. The van der Waals surface area contributed by atoms with Crippen molar-refractivity contribution in [2.24, 2.45) is 0 Å². The summed E-state index contributed by atoms with van der Waals surface area (Å²) in [5.41, 5.74) is 1.96. The molecular formula is C23H22N4OS. The SMILES string of the molecule is CC(C)N(Cc1ccccc1)C(=O)c1nc(-c2cccs2)n(-c2ccccc2)n1. The molecule has 0 bridgehead atoms. The van der Waals surface area contributed by atoms with Crippen LogP contribution in [0.2, 0.25) is 0 Å². The van der Waals surface area contributed by atoms with Gasteiger partial charge in [-0.1, -0.05) is 54.6 Å². The van der Waals surface area contributed by atoms with Crippen LogP contribution in [-0.2, 0) is 6.54 Å². The highest BCUT2D eigenvalue weighted by molar-refractivity contribution is 7.13. The van der Waals surface area contributed by atoms with Gasteiger partial charge in [0.15, 0.2) is 5.82 Å². The maximum Gasteiger partial charge on any atom is 0.294 e. The molecular weight excluding hydrogens is 380 g/mol. The van der Waals surface area contributed by atoms with Crippen LogP contribution in [0.15, 0.2) is 78.2 Å². The van der Waals surface area contributed by atoms with Gasteiger partial charge >= 0.3 is 0 Å². The van der Waals surface area contributed by atoms with Gasteiger partial charge in [0.1, 0.15) is 0 Å². The Morgan fingerprint density at radius 1 is 1.00 bits per heavy atom. The second-order valence-corrected chi connectivity index (χ2v) is 7.94. The fourth-order valence-corrected chi connectivity index (χ4v) is 3.81. The highest BCUT2D eigenvalue weighted by Crippen LogP contribution is 2.26. The first-order chi connectivity index (χ1) is 14.1. The standard InChI is InChI=1S/C23H22N4OS/c1-17(2)26(16-18-10-5-3-6-11-18)23(28)21-24-22(20-14-9-15-29-20)27(25-21)19-12-7-4-8-13-19/h3-15,17H,16H2,1-2H3. The average Bonchev–Trinajstić information content (AvgIpc) is 3.42. The number of carbonyl (C=O) groups excluding carboxylic acids is 1. The first-order valence-corrected chi connectivity index (χ1v) is 10.4. The van der Waals surface area contributed by atoms with Crippen molar-refractivity contribution in [3.8, 4) is 16.4 Å². The lowest BCUT2D eigenvalue weighted by Gasteiger charge is -2.25. The minimum atomic E-state index is -0.170. The van der Waals surface area contributed by atoms with E-state index in [0.717, 1.165) is 16.1 Å². The Morgan fingerprint density at radius 3 is 2.31 bits per heavy atom. The molecule has 0 aliphatic carbocycles. The lowest BCUT2D eigenvalue weighted by molar-refractivity contribution is 0.0678. The summed E-state index contributed by atoms with van der Waals surface area (Å²) in [6.07, 6.45) is 0. The van der Waals surface area contributed by atoms with Gasteiger partial charge < -0.3 is 4.90 Å². The number of para-hydroxylation sites is 1. The third-order valence-electron chi connectivity index (χ3n) is 4.62. The van der Waals surface area contributed by atoms with E-state index < -0.39 is 0 Å². The van der Waals surface area contributed by atoms with Crippen LogP contribution in [0.5, 0.6) is 0 Å². The third-order valence-corrected chi connectivity index (χ3v) is 5.49. The zero-order valence-corrected chi connectivity index (χ0v) is 17.2. The predicted molar refractivity (Wildman–Crippen MR) is 116 cm³/mol. The molecule has 0 spiro atoms. The molecule has 146 valence electrons. The van der Waals surface area contributed by atoms with Crippen LogP contribution in [0.3, 0.4) is 0 Å². The monoisotopic (exact) mass is 402 g/mol. The van der Waals surface area contributed by atoms with E-state index in [1.54, 1.807) is 20.9 Å². The molecule has 29 heavy (non-hydrogen) atoms. The van der Waals surface area contributed by atoms with Crippen molar-refractivity contribution in [3.05, 3.63) is 89.6 Å². The van der Waals surface area contributed by atoms with Crippen LogP contribution in [0.1, 0.15) is 30.0 Å². The Bertz CT molecular complexity index is 1070. The Labute approximate surface area is 174 Å². The first kappa shape index (κ1) is 19.1. The number of rotatable bonds is 6. The van der Waals surface area contributed by atoms with Crippen LogP contribution >= 0.6 is 11.3 Å². The van der Waals surface area contributed by atoms with Crippen molar-refractivity contribution in [2.45, 2.75) is 26.4 Å². The highest BCUT2D eigenvalue weighted by Gasteiger charge is 2.25. The molecule has 5 nitrogen and oxygen atoms in total. The molecule has 2 aromatic carbocycles. The minimum Gasteiger partial charge on any atom is -0.329 e. The van der Waals surface area contributed by atoms with E-state index in [4.69, 9.17) is 0 Å². The molecule has 6 heteroatoms. The zero-order chi connectivity index (χ0) is 20.2. The number of hydrogen-bond donors (Lipinski definition) is 0. The molecule has 1 amide bonds. The maximum atomic E-state index is 13.3. The topological polar surface area (TPSA) is 51.0 Å². The van der Waals surface area contributed by atoms with Crippen LogP contribution in [-0.4, -0.2) is 31.6 Å². The van der Waals surface area contributed by atoms with Gasteiger partial charge in [-0.15, -0.1) is 16.4 Å². The molecule has 0 saturated heterocycles. The van der Waals surface area contributed by atoms with Crippen molar-refractivity contribution in [1.29, 1.82) is 0 Å². The number of hydrogen-bond acceptors (Lipinski definition) is 4. The number of thiophene rings is 1. The Hall–Kier alpha value is -3.25. The Balaban J connectivity index is 1.73. The van der Waals surface area contributed by atoms with Crippen molar-refractivity contribution >= 4 is 17.2 Å². The second kappa shape index (κ2) is 8.41. The van der Waals surface area contributed by atoms with E-state index >= 15 is 0 Å². The third kappa shape index (κ3) is 4.12. The summed E-state index contributed by atoms with van der Waals surface area (Å²) in [7, 11) is 0.